The van der Waals surface area contributed by atoms with Crippen molar-refractivity contribution in [1.82, 2.24) is 9.88 Å². The molecule has 3 aromatic carbocycles. The Kier molecular flexibility index (Phi) is 4.95. The van der Waals surface area contributed by atoms with Gasteiger partial charge in [-0.25, -0.2) is 0 Å². The Balaban J connectivity index is 1.47. The van der Waals surface area contributed by atoms with Crippen molar-refractivity contribution in [3.05, 3.63) is 107 Å². The van der Waals surface area contributed by atoms with Gasteiger partial charge in [-0.2, -0.15) is 0 Å². The van der Waals surface area contributed by atoms with Crippen LogP contribution in [0.3, 0.4) is 0 Å². The molecule has 2 heterocycles. The summed E-state index contributed by atoms with van der Waals surface area (Å²) in [5, 5.41) is 1.40. The summed E-state index contributed by atoms with van der Waals surface area (Å²) < 4.78 is 0. The van der Waals surface area contributed by atoms with Gasteiger partial charge in [-0.15, -0.1) is 0 Å². The summed E-state index contributed by atoms with van der Waals surface area (Å²) in [5.41, 5.74) is 8.39. The van der Waals surface area contributed by atoms with Gasteiger partial charge in [0.1, 0.15) is 0 Å². The second kappa shape index (κ2) is 7.88. The fourth-order valence-electron chi connectivity index (χ4n) is 4.76. The van der Waals surface area contributed by atoms with Gasteiger partial charge in [0.15, 0.2) is 0 Å². The third kappa shape index (κ3) is 3.73. The van der Waals surface area contributed by atoms with Crippen LogP contribution in [-0.4, -0.2) is 16.4 Å². The number of H-pyrrole nitrogens is 1. The summed E-state index contributed by atoms with van der Waals surface area (Å²) in [6, 6.07) is 29.1. The number of hydrogen-bond donors (Lipinski definition) is 1. The summed E-state index contributed by atoms with van der Waals surface area (Å²) in [6.45, 7) is 4.28. The van der Waals surface area contributed by atoms with E-state index < -0.39 is 0 Å². The van der Waals surface area contributed by atoms with Crippen molar-refractivity contribution >= 4 is 10.9 Å². The molecule has 2 heteroatoms. The predicted octanol–water partition coefficient (Wildman–Crippen LogP) is 6.21. The lowest BCUT2D eigenvalue weighted by Crippen LogP contribution is -2.35. The van der Waals surface area contributed by atoms with Crippen molar-refractivity contribution < 1.29 is 0 Å². The second-order valence-electron chi connectivity index (χ2n) is 8.31. The fourth-order valence-corrected chi connectivity index (χ4v) is 4.76. The van der Waals surface area contributed by atoms with Gasteiger partial charge in [-0.3, -0.25) is 4.90 Å². The number of rotatable bonds is 5. The molecule has 4 aromatic rings. The Hall–Kier alpha value is -2.84. The lowest BCUT2D eigenvalue weighted by molar-refractivity contribution is 0.164. The molecule has 0 saturated carbocycles. The number of hydrogen-bond acceptors (Lipinski definition) is 1. The van der Waals surface area contributed by atoms with E-state index in [1.54, 1.807) is 0 Å². The summed E-state index contributed by atoms with van der Waals surface area (Å²) in [6.07, 6.45) is 3.36. The van der Waals surface area contributed by atoms with E-state index in [-0.39, 0.29) is 0 Å². The molecule has 1 aromatic heterocycles. The molecule has 2 nitrogen and oxygen atoms in total. The molecule has 0 radical (unpaired) electrons. The fraction of sp³-hybridized carbons (Fsp3) is 0.259. The molecule has 1 aliphatic rings. The number of para-hydroxylation sites is 1. The highest BCUT2D eigenvalue weighted by molar-refractivity contribution is 5.85. The molecular weight excluding hydrogens is 352 g/mol. The van der Waals surface area contributed by atoms with Gasteiger partial charge in [0.25, 0.3) is 0 Å². The van der Waals surface area contributed by atoms with E-state index in [9.17, 15) is 0 Å². The Morgan fingerprint density at radius 2 is 1.62 bits per heavy atom. The monoisotopic (exact) mass is 380 g/mol. The van der Waals surface area contributed by atoms with Crippen LogP contribution in [0.1, 0.15) is 40.4 Å². The van der Waals surface area contributed by atoms with Gasteiger partial charge in [-0.05, 0) is 48.9 Å². The molecule has 1 atom stereocenters. The number of aryl methyl sites for hydroxylation is 2. The largest absolute Gasteiger partial charge is 0.357 e. The smallest absolute Gasteiger partial charge is 0.0508 e. The van der Waals surface area contributed by atoms with Crippen molar-refractivity contribution in [3.63, 3.8) is 0 Å². The first-order valence-electron chi connectivity index (χ1n) is 10.7. The molecule has 1 aliphatic heterocycles. The number of aromatic nitrogens is 1. The lowest BCUT2D eigenvalue weighted by atomic mass is 9.92. The van der Waals surface area contributed by atoms with E-state index in [1.807, 2.05) is 0 Å². The van der Waals surface area contributed by atoms with E-state index >= 15 is 0 Å². The molecule has 1 N–H and O–H groups in total. The Morgan fingerprint density at radius 1 is 0.862 bits per heavy atom. The maximum Gasteiger partial charge on any atom is 0.0508 e. The average Bonchev–Trinajstić information content (AvgIpc) is 3.14. The molecule has 0 bridgehead atoms. The zero-order chi connectivity index (χ0) is 19.6. The van der Waals surface area contributed by atoms with E-state index in [0.717, 1.165) is 32.4 Å². The lowest BCUT2D eigenvalue weighted by Gasteiger charge is -2.36. The van der Waals surface area contributed by atoms with Crippen LogP contribution in [0.4, 0.5) is 0 Å². The summed E-state index contributed by atoms with van der Waals surface area (Å²) in [5.74, 6) is 0. The van der Waals surface area contributed by atoms with E-state index in [0.29, 0.717) is 6.04 Å². The molecule has 0 amide bonds. The Morgan fingerprint density at radius 3 is 2.45 bits per heavy atom. The van der Waals surface area contributed by atoms with Crippen LogP contribution in [0.25, 0.3) is 10.9 Å². The van der Waals surface area contributed by atoms with Gasteiger partial charge in [0, 0.05) is 29.7 Å². The standard InChI is InChI=1S/C27H28N2/c1-20-11-13-21(14-12-20)15-16-26-27-24(23-9-5-6-10-25(23)28-27)17-18-29(26)19-22-7-3-2-4-8-22/h2-14,26,28H,15-19H2,1H3. The van der Waals surface area contributed by atoms with Gasteiger partial charge in [0.05, 0.1) is 6.04 Å². The maximum atomic E-state index is 3.79. The molecule has 0 saturated heterocycles. The molecule has 5 rings (SSSR count). The van der Waals surface area contributed by atoms with Gasteiger partial charge >= 0.3 is 0 Å². The number of nitrogens with zero attached hydrogens (tertiary/aromatic N) is 1. The molecular formula is C27H28N2. The zero-order valence-corrected chi connectivity index (χ0v) is 17.1. The van der Waals surface area contributed by atoms with Gasteiger partial charge < -0.3 is 4.98 Å². The minimum atomic E-state index is 0.424. The van der Waals surface area contributed by atoms with Crippen molar-refractivity contribution in [2.24, 2.45) is 0 Å². The SMILES string of the molecule is Cc1ccc(CCC2c3[nH]c4ccccc4c3CCN2Cc2ccccc2)cc1. The van der Waals surface area contributed by atoms with Crippen LogP contribution in [0.15, 0.2) is 78.9 Å². The molecule has 0 spiro atoms. The average molecular weight is 381 g/mol. The number of benzene rings is 3. The van der Waals surface area contributed by atoms with Crippen molar-refractivity contribution in [3.8, 4) is 0 Å². The van der Waals surface area contributed by atoms with E-state index in [4.69, 9.17) is 0 Å². The van der Waals surface area contributed by atoms with Crippen molar-refractivity contribution in [1.29, 1.82) is 0 Å². The van der Waals surface area contributed by atoms with Crippen LogP contribution >= 0.6 is 0 Å². The third-order valence-corrected chi connectivity index (χ3v) is 6.33. The Bertz CT molecular complexity index is 1090. The zero-order valence-electron chi connectivity index (χ0n) is 17.1. The Labute approximate surface area is 173 Å². The minimum Gasteiger partial charge on any atom is -0.357 e. The topological polar surface area (TPSA) is 19.0 Å². The van der Waals surface area contributed by atoms with Crippen LogP contribution in [0, 0.1) is 6.92 Å². The van der Waals surface area contributed by atoms with Crippen LogP contribution in [0.2, 0.25) is 0 Å². The normalized spacial score (nSPS) is 16.8. The highest BCUT2D eigenvalue weighted by Crippen LogP contribution is 2.37. The van der Waals surface area contributed by atoms with E-state index in [2.05, 4.69) is 95.7 Å². The van der Waals surface area contributed by atoms with Crippen LogP contribution < -0.4 is 0 Å². The quantitative estimate of drug-likeness (QED) is 0.436. The minimum absolute atomic E-state index is 0.424. The molecule has 1 unspecified atom stereocenters. The third-order valence-electron chi connectivity index (χ3n) is 6.33. The van der Waals surface area contributed by atoms with Crippen LogP contribution in [-0.2, 0) is 19.4 Å². The maximum absolute atomic E-state index is 3.79. The highest BCUT2D eigenvalue weighted by Gasteiger charge is 2.30. The molecule has 146 valence electrons. The first kappa shape index (κ1) is 18.2. The van der Waals surface area contributed by atoms with Crippen LogP contribution in [0.5, 0.6) is 0 Å². The molecule has 0 aliphatic carbocycles. The second-order valence-corrected chi connectivity index (χ2v) is 8.31. The summed E-state index contributed by atoms with van der Waals surface area (Å²) >= 11 is 0. The summed E-state index contributed by atoms with van der Waals surface area (Å²) in [4.78, 5) is 6.45. The first-order valence-corrected chi connectivity index (χ1v) is 10.7. The van der Waals surface area contributed by atoms with E-state index in [1.165, 1.54) is 38.9 Å². The van der Waals surface area contributed by atoms with Crippen molar-refractivity contribution in [2.45, 2.75) is 38.8 Å². The first-order chi connectivity index (χ1) is 14.3. The molecule has 0 fully saturated rings. The highest BCUT2D eigenvalue weighted by atomic mass is 15.2. The molecule has 29 heavy (non-hydrogen) atoms. The summed E-state index contributed by atoms with van der Waals surface area (Å²) in [7, 11) is 0. The van der Waals surface area contributed by atoms with Crippen molar-refractivity contribution in [2.75, 3.05) is 6.54 Å². The van der Waals surface area contributed by atoms with Gasteiger partial charge in [0.2, 0.25) is 0 Å². The number of fused-ring (bicyclic) bond motifs is 3. The predicted molar refractivity (Wildman–Crippen MR) is 121 cm³/mol. The number of aromatic amines is 1. The number of nitrogens with one attached hydrogen (secondary N) is 1. The van der Waals surface area contributed by atoms with Gasteiger partial charge in [-0.1, -0.05) is 78.4 Å².